The molecular formula is C29H30BrFN2O5S. The highest BCUT2D eigenvalue weighted by atomic mass is 79.9. The molecule has 0 aliphatic rings. The zero-order valence-corrected chi connectivity index (χ0v) is 24.6. The van der Waals surface area contributed by atoms with E-state index < -0.39 is 21.5 Å². The second-order valence-corrected chi connectivity index (χ2v) is 12.8. The van der Waals surface area contributed by atoms with Gasteiger partial charge in [0, 0.05) is 32.7 Å². The summed E-state index contributed by atoms with van der Waals surface area (Å²) >= 11 is 3.46. The van der Waals surface area contributed by atoms with Gasteiger partial charge in [0.1, 0.15) is 17.9 Å². The summed E-state index contributed by atoms with van der Waals surface area (Å²) in [5.41, 5.74) is 3.04. The number of rotatable bonds is 10. The van der Waals surface area contributed by atoms with Gasteiger partial charge in [-0.25, -0.2) is 13.3 Å². The van der Waals surface area contributed by atoms with Crippen molar-refractivity contribution < 1.29 is 27.3 Å². The molecule has 1 atom stereocenters. The maximum absolute atomic E-state index is 15.7. The number of nitrogens with zero attached hydrogens (tertiary/aromatic N) is 1. The van der Waals surface area contributed by atoms with Crippen molar-refractivity contribution in [3.05, 3.63) is 82.0 Å². The Bertz CT molecular complexity index is 1520. The highest BCUT2D eigenvalue weighted by molar-refractivity contribution is 9.10. The number of hydrogen-bond donors (Lipinski definition) is 1. The van der Waals surface area contributed by atoms with E-state index >= 15 is 4.39 Å². The number of furan rings is 1. The molecule has 0 bridgehead atoms. The number of carbonyl (C=O) groups excluding carboxylic acids is 1. The van der Waals surface area contributed by atoms with Crippen LogP contribution in [0.1, 0.15) is 44.5 Å². The molecule has 2 heterocycles. The number of hydrogen-bond acceptors (Lipinski definition) is 6. The molecule has 0 radical (unpaired) electrons. The van der Waals surface area contributed by atoms with Gasteiger partial charge in [-0.15, -0.1) is 0 Å². The van der Waals surface area contributed by atoms with Gasteiger partial charge >= 0.3 is 5.97 Å². The van der Waals surface area contributed by atoms with E-state index in [-0.39, 0.29) is 31.2 Å². The van der Waals surface area contributed by atoms with Gasteiger partial charge in [0.05, 0.1) is 47.3 Å². The number of pyridine rings is 1. The molecule has 0 amide bonds. The first kappa shape index (κ1) is 28.9. The molecule has 2 aromatic heterocycles. The fourth-order valence-electron chi connectivity index (χ4n) is 3.93. The first-order valence-corrected chi connectivity index (χ1v) is 14.4. The lowest BCUT2D eigenvalue weighted by Gasteiger charge is -2.18. The zero-order valence-electron chi connectivity index (χ0n) is 22.2. The molecule has 0 saturated heterocycles. The van der Waals surface area contributed by atoms with Crippen molar-refractivity contribution in [3.8, 4) is 16.9 Å². The largest absolute Gasteiger partial charge is 0.489 e. The van der Waals surface area contributed by atoms with E-state index in [0.29, 0.717) is 34.6 Å². The van der Waals surface area contributed by atoms with E-state index in [4.69, 9.17) is 13.9 Å². The minimum atomic E-state index is -1.37. The van der Waals surface area contributed by atoms with Crippen molar-refractivity contribution in [1.82, 2.24) is 9.71 Å². The van der Waals surface area contributed by atoms with Gasteiger partial charge in [-0.1, -0.05) is 22.0 Å². The lowest BCUT2D eigenvalue weighted by atomic mass is 10.00. The SMILES string of the molecule is CCOC(=O)Cc1ccc(Br)cc1OCc1cc(-c2ccnc(CN[S@@](=O)C(C)(C)C)c2F)c2occc2c1. The summed E-state index contributed by atoms with van der Waals surface area (Å²) < 4.78 is 48.2. The standard InChI is InChI=1S/C29H30BrFN2O5S/c1-5-36-26(34)14-19-6-7-21(30)15-25(19)38-17-18-12-20-9-11-37-28(20)23(13-18)22-8-10-32-24(27(22)31)16-33-39(35)29(2,3)4/h6-13,15,33H,5,14,16-17H2,1-4H3/t39-/m0/s1. The summed E-state index contributed by atoms with van der Waals surface area (Å²) in [7, 11) is -1.37. The summed E-state index contributed by atoms with van der Waals surface area (Å²) in [6, 6.07) is 12.6. The number of fused-ring (bicyclic) bond motifs is 1. The van der Waals surface area contributed by atoms with Crippen LogP contribution >= 0.6 is 15.9 Å². The molecule has 10 heteroatoms. The van der Waals surface area contributed by atoms with Crippen molar-refractivity contribution in [1.29, 1.82) is 0 Å². The van der Waals surface area contributed by atoms with E-state index in [0.717, 1.165) is 15.4 Å². The van der Waals surface area contributed by atoms with Gasteiger partial charge in [-0.05, 0) is 69.7 Å². The fourth-order valence-corrected chi connectivity index (χ4v) is 4.97. The lowest BCUT2D eigenvalue weighted by Crippen LogP contribution is -2.33. The molecule has 7 nitrogen and oxygen atoms in total. The Balaban J connectivity index is 1.63. The Morgan fingerprint density at radius 1 is 1.15 bits per heavy atom. The Hall–Kier alpha value is -3.08. The summed E-state index contributed by atoms with van der Waals surface area (Å²) in [6.07, 6.45) is 3.16. The summed E-state index contributed by atoms with van der Waals surface area (Å²) in [6.45, 7) is 7.77. The fraction of sp³-hybridized carbons (Fsp3) is 0.310. The Labute approximate surface area is 237 Å². The van der Waals surface area contributed by atoms with E-state index in [1.54, 1.807) is 25.3 Å². The average molecular weight is 618 g/mol. The molecule has 0 saturated carbocycles. The van der Waals surface area contributed by atoms with E-state index in [1.165, 1.54) is 6.20 Å². The smallest absolute Gasteiger partial charge is 0.310 e. The van der Waals surface area contributed by atoms with Gasteiger partial charge < -0.3 is 13.9 Å². The summed E-state index contributed by atoms with van der Waals surface area (Å²) in [5, 5.41) is 0.789. The Morgan fingerprint density at radius 2 is 1.95 bits per heavy atom. The van der Waals surface area contributed by atoms with Crippen LogP contribution in [0.25, 0.3) is 22.1 Å². The second-order valence-electron chi connectivity index (χ2n) is 9.83. The van der Waals surface area contributed by atoms with Crippen molar-refractivity contribution in [2.24, 2.45) is 0 Å². The van der Waals surface area contributed by atoms with Gasteiger partial charge in [0.15, 0.2) is 5.82 Å². The third-order valence-corrected chi connectivity index (χ3v) is 7.87. The predicted octanol–water partition coefficient (Wildman–Crippen LogP) is 6.63. The highest BCUT2D eigenvalue weighted by Crippen LogP contribution is 2.34. The topological polar surface area (TPSA) is 90.7 Å². The van der Waals surface area contributed by atoms with Crippen molar-refractivity contribution in [2.45, 2.75) is 52.0 Å². The minimum absolute atomic E-state index is 0.0137. The van der Waals surface area contributed by atoms with Crippen molar-refractivity contribution in [2.75, 3.05) is 6.61 Å². The van der Waals surface area contributed by atoms with E-state index in [2.05, 4.69) is 25.6 Å². The van der Waals surface area contributed by atoms with Crippen LogP contribution in [0.4, 0.5) is 4.39 Å². The van der Waals surface area contributed by atoms with Crippen LogP contribution in [-0.4, -0.2) is 26.5 Å². The van der Waals surface area contributed by atoms with Crippen molar-refractivity contribution in [3.63, 3.8) is 0 Å². The number of ether oxygens (including phenoxy) is 2. The zero-order chi connectivity index (χ0) is 28.2. The third kappa shape index (κ3) is 7.12. The third-order valence-electron chi connectivity index (χ3n) is 5.85. The Morgan fingerprint density at radius 3 is 2.69 bits per heavy atom. The summed E-state index contributed by atoms with van der Waals surface area (Å²) in [5.74, 6) is -0.312. The molecule has 0 aliphatic heterocycles. The van der Waals surface area contributed by atoms with Crippen LogP contribution in [0.5, 0.6) is 5.75 Å². The quantitative estimate of drug-likeness (QED) is 0.201. The maximum atomic E-state index is 15.7. The molecule has 0 fully saturated rings. The van der Waals surface area contributed by atoms with E-state index in [9.17, 15) is 9.00 Å². The minimum Gasteiger partial charge on any atom is -0.489 e. The van der Waals surface area contributed by atoms with E-state index in [1.807, 2.05) is 51.1 Å². The average Bonchev–Trinajstić information content (AvgIpc) is 3.36. The predicted molar refractivity (Wildman–Crippen MR) is 153 cm³/mol. The molecule has 39 heavy (non-hydrogen) atoms. The number of esters is 1. The Kier molecular flexibility index (Phi) is 9.19. The molecule has 1 N–H and O–H groups in total. The molecule has 4 aromatic rings. The number of nitrogens with one attached hydrogen (secondary N) is 1. The van der Waals surface area contributed by atoms with Crippen LogP contribution in [-0.2, 0) is 40.1 Å². The summed E-state index contributed by atoms with van der Waals surface area (Å²) in [4.78, 5) is 16.2. The molecule has 0 unspecified atom stereocenters. The molecular weight excluding hydrogens is 587 g/mol. The molecule has 0 spiro atoms. The van der Waals surface area contributed by atoms with Gasteiger partial charge in [-0.3, -0.25) is 9.78 Å². The van der Waals surface area contributed by atoms with Crippen LogP contribution < -0.4 is 9.46 Å². The first-order valence-electron chi connectivity index (χ1n) is 12.4. The molecule has 206 valence electrons. The number of halogens is 2. The van der Waals surface area contributed by atoms with Gasteiger partial charge in [0.25, 0.3) is 0 Å². The maximum Gasteiger partial charge on any atom is 0.310 e. The van der Waals surface area contributed by atoms with Gasteiger partial charge in [0.2, 0.25) is 0 Å². The van der Waals surface area contributed by atoms with Crippen molar-refractivity contribution >= 4 is 43.9 Å². The number of aromatic nitrogens is 1. The monoisotopic (exact) mass is 616 g/mol. The van der Waals surface area contributed by atoms with Crippen LogP contribution in [0.3, 0.4) is 0 Å². The molecule has 4 rings (SSSR count). The first-order chi connectivity index (χ1) is 18.6. The molecule has 0 aliphatic carbocycles. The lowest BCUT2D eigenvalue weighted by molar-refractivity contribution is -0.142. The number of benzene rings is 2. The number of carbonyl (C=O) groups is 1. The van der Waals surface area contributed by atoms with Crippen LogP contribution in [0, 0.1) is 5.82 Å². The second kappa shape index (κ2) is 12.4. The van der Waals surface area contributed by atoms with Gasteiger partial charge in [-0.2, -0.15) is 0 Å². The van der Waals surface area contributed by atoms with Crippen LogP contribution in [0.15, 0.2) is 63.8 Å². The normalized spacial score (nSPS) is 12.5. The highest BCUT2D eigenvalue weighted by Gasteiger charge is 2.21. The molecule has 2 aromatic carbocycles. The van der Waals surface area contributed by atoms with Crippen LogP contribution in [0.2, 0.25) is 0 Å².